The fourth-order valence-electron chi connectivity index (χ4n) is 7.88. The SMILES string of the molecule is CC(=O)O[C@]1(C(C)=O)CCC[C@H]2[C@@H]3C[C@@H](O)C4=CC(=O)CC[C@]4(C)[C@H]3CC[C@@]21C. The van der Waals surface area contributed by atoms with E-state index < -0.39 is 23.1 Å². The third kappa shape index (κ3) is 2.79. The topological polar surface area (TPSA) is 80.7 Å². The van der Waals surface area contributed by atoms with Crippen LogP contribution < -0.4 is 0 Å². The Balaban J connectivity index is 1.76. The van der Waals surface area contributed by atoms with Crippen LogP contribution in [0, 0.1) is 28.6 Å². The van der Waals surface area contributed by atoms with Gasteiger partial charge in [-0.2, -0.15) is 0 Å². The number of ether oxygens (including phenoxy) is 1. The Morgan fingerprint density at radius 1 is 1.10 bits per heavy atom. The van der Waals surface area contributed by atoms with Crippen LogP contribution in [0.1, 0.15) is 79.1 Å². The molecule has 3 fully saturated rings. The van der Waals surface area contributed by atoms with Crippen LogP contribution in [0.25, 0.3) is 0 Å². The van der Waals surface area contributed by atoms with E-state index in [1.807, 2.05) is 0 Å². The van der Waals surface area contributed by atoms with Crippen molar-refractivity contribution >= 4 is 17.5 Å². The monoisotopic (exact) mass is 402 g/mol. The molecular weight excluding hydrogens is 368 g/mol. The molecule has 0 spiro atoms. The maximum absolute atomic E-state index is 12.9. The van der Waals surface area contributed by atoms with Crippen LogP contribution in [-0.4, -0.2) is 34.3 Å². The Bertz CT molecular complexity index is 784. The van der Waals surface area contributed by atoms with E-state index in [1.54, 1.807) is 13.0 Å². The van der Waals surface area contributed by atoms with Gasteiger partial charge in [-0.05, 0) is 86.7 Å². The van der Waals surface area contributed by atoms with E-state index in [0.29, 0.717) is 25.2 Å². The molecule has 0 saturated heterocycles. The lowest BCUT2D eigenvalue weighted by atomic mass is 9.41. The molecule has 0 aromatic heterocycles. The first-order chi connectivity index (χ1) is 13.5. The van der Waals surface area contributed by atoms with E-state index in [0.717, 1.165) is 37.7 Å². The average Bonchev–Trinajstić information content (AvgIpc) is 2.63. The minimum absolute atomic E-state index is 0.0511. The molecule has 160 valence electrons. The van der Waals surface area contributed by atoms with Crippen LogP contribution in [0.15, 0.2) is 11.6 Å². The van der Waals surface area contributed by atoms with Crippen molar-refractivity contribution in [3.05, 3.63) is 11.6 Å². The predicted molar refractivity (Wildman–Crippen MR) is 108 cm³/mol. The molecule has 7 atom stereocenters. The van der Waals surface area contributed by atoms with E-state index in [2.05, 4.69) is 13.8 Å². The lowest BCUT2D eigenvalue weighted by molar-refractivity contribution is -0.216. The van der Waals surface area contributed by atoms with Gasteiger partial charge in [-0.25, -0.2) is 0 Å². The van der Waals surface area contributed by atoms with Crippen molar-refractivity contribution in [1.29, 1.82) is 0 Å². The maximum atomic E-state index is 12.9. The smallest absolute Gasteiger partial charge is 0.303 e. The van der Waals surface area contributed by atoms with Crippen LogP contribution in [-0.2, 0) is 19.1 Å². The number of Topliss-reactive ketones (excluding diaryl/α,β-unsaturated/α-hetero) is 1. The first-order valence-electron chi connectivity index (χ1n) is 11.2. The third-order valence-electron chi connectivity index (χ3n) is 9.22. The molecule has 0 heterocycles. The van der Waals surface area contributed by atoms with Crippen molar-refractivity contribution in [3.63, 3.8) is 0 Å². The highest BCUT2D eigenvalue weighted by molar-refractivity contribution is 5.92. The number of fused-ring (bicyclic) bond motifs is 5. The summed E-state index contributed by atoms with van der Waals surface area (Å²) in [6, 6.07) is 0. The summed E-state index contributed by atoms with van der Waals surface area (Å²) in [5.74, 6) is 0.570. The highest BCUT2D eigenvalue weighted by Crippen LogP contribution is 2.67. The summed E-state index contributed by atoms with van der Waals surface area (Å²) in [6.07, 6.45) is 7.27. The second-order valence-electron chi connectivity index (χ2n) is 10.4. The zero-order valence-electron chi connectivity index (χ0n) is 18.1. The Kier molecular flexibility index (Phi) is 4.84. The number of hydrogen-bond donors (Lipinski definition) is 1. The number of hydrogen-bond acceptors (Lipinski definition) is 5. The van der Waals surface area contributed by atoms with Crippen molar-refractivity contribution in [2.75, 3.05) is 0 Å². The van der Waals surface area contributed by atoms with Crippen LogP contribution >= 0.6 is 0 Å². The Labute approximate surface area is 173 Å². The summed E-state index contributed by atoms with van der Waals surface area (Å²) >= 11 is 0. The molecule has 4 aliphatic rings. The first kappa shape index (κ1) is 20.8. The molecule has 5 nitrogen and oxygen atoms in total. The van der Waals surface area contributed by atoms with Crippen molar-refractivity contribution in [2.24, 2.45) is 28.6 Å². The van der Waals surface area contributed by atoms with Crippen molar-refractivity contribution in [2.45, 2.75) is 90.8 Å². The van der Waals surface area contributed by atoms with Gasteiger partial charge in [0.2, 0.25) is 0 Å². The highest BCUT2D eigenvalue weighted by Gasteiger charge is 2.66. The Morgan fingerprint density at radius 2 is 1.83 bits per heavy atom. The van der Waals surface area contributed by atoms with Crippen LogP contribution in [0.4, 0.5) is 0 Å². The minimum Gasteiger partial charge on any atom is -0.451 e. The zero-order valence-corrected chi connectivity index (χ0v) is 18.1. The van der Waals surface area contributed by atoms with Gasteiger partial charge in [-0.1, -0.05) is 13.8 Å². The molecule has 4 rings (SSSR count). The summed E-state index contributed by atoms with van der Waals surface area (Å²) in [5, 5.41) is 11.0. The number of esters is 1. The number of ketones is 2. The number of aliphatic hydroxyl groups is 1. The van der Waals surface area contributed by atoms with Gasteiger partial charge < -0.3 is 9.84 Å². The molecule has 0 amide bonds. The summed E-state index contributed by atoms with van der Waals surface area (Å²) in [7, 11) is 0. The molecule has 0 aromatic carbocycles. The summed E-state index contributed by atoms with van der Waals surface area (Å²) in [4.78, 5) is 36.9. The average molecular weight is 403 g/mol. The molecule has 1 N–H and O–H groups in total. The van der Waals surface area contributed by atoms with Gasteiger partial charge in [0.1, 0.15) is 0 Å². The summed E-state index contributed by atoms with van der Waals surface area (Å²) in [5.41, 5.74) is -0.703. The van der Waals surface area contributed by atoms with Gasteiger partial charge in [0.05, 0.1) is 6.10 Å². The largest absolute Gasteiger partial charge is 0.451 e. The fourth-order valence-corrected chi connectivity index (χ4v) is 7.88. The van der Waals surface area contributed by atoms with Gasteiger partial charge in [-0.3, -0.25) is 14.4 Å². The van der Waals surface area contributed by atoms with E-state index in [-0.39, 0.29) is 28.8 Å². The molecule has 0 unspecified atom stereocenters. The van der Waals surface area contributed by atoms with E-state index in [9.17, 15) is 19.5 Å². The number of rotatable bonds is 2. The third-order valence-corrected chi connectivity index (χ3v) is 9.22. The normalized spacial score (nSPS) is 46.7. The Hall–Kier alpha value is -1.49. The molecule has 0 aromatic rings. The predicted octanol–water partition coefficient (Wildman–Crippen LogP) is 3.77. The molecule has 0 radical (unpaired) electrons. The van der Waals surface area contributed by atoms with Crippen molar-refractivity contribution in [3.8, 4) is 0 Å². The lowest BCUT2D eigenvalue weighted by Gasteiger charge is -2.64. The molecule has 0 bridgehead atoms. The van der Waals surface area contributed by atoms with E-state index in [4.69, 9.17) is 4.74 Å². The van der Waals surface area contributed by atoms with Gasteiger partial charge in [0.15, 0.2) is 17.2 Å². The number of aliphatic hydroxyl groups excluding tert-OH is 1. The second kappa shape index (κ2) is 6.76. The molecule has 5 heteroatoms. The Morgan fingerprint density at radius 3 is 2.48 bits per heavy atom. The van der Waals surface area contributed by atoms with E-state index in [1.165, 1.54) is 6.92 Å². The van der Waals surface area contributed by atoms with Crippen molar-refractivity contribution < 1.29 is 24.2 Å². The molecular formula is C24H34O5. The quantitative estimate of drug-likeness (QED) is 0.711. The summed E-state index contributed by atoms with van der Waals surface area (Å²) < 4.78 is 5.86. The highest BCUT2D eigenvalue weighted by atomic mass is 16.6. The van der Waals surface area contributed by atoms with Gasteiger partial charge in [0.25, 0.3) is 0 Å². The van der Waals surface area contributed by atoms with Gasteiger partial charge in [0, 0.05) is 18.8 Å². The molecule has 4 aliphatic carbocycles. The van der Waals surface area contributed by atoms with Crippen LogP contribution in [0.3, 0.4) is 0 Å². The molecule has 0 aliphatic heterocycles. The number of carbonyl (C=O) groups is 3. The second-order valence-corrected chi connectivity index (χ2v) is 10.4. The van der Waals surface area contributed by atoms with Gasteiger partial charge >= 0.3 is 5.97 Å². The number of allylic oxidation sites excluding steroid dienone is 1. The molecule has 29 heavy (non-hydrogen) atoms. The zero-order chi connectivity index (χ0) is 21.2. The van der Waals surface area contributed by atoms with Crippen LogP contribution in [0.2, 0.25) is 0 Å². The first-order valence-corrected chi connectivity index (χ1v) is 11.2. The standard InChI is InChI=1S/C24H34O5/c1-14(25)24(29-15(2)26)9-5-6-19-17-13-21(28)20-12-16(27)7-10-22(20,3)18(17)8-11-23(19,24)4/h12,17-19,21,28H,5-11,13H2,1-4H3/t17-,18+,19+,21-,22-,23+,24+/m1/s1. The fraction of sp³-hybridized carbons (Fsp3) is 0.792. The minimum atomic E-state index is -1.06. The van der Waals surface area contributed by atoms with Crippen LogP contribution in [0.5, 0.6) is 0 Å². The summed E-state index contributed by atoms with van der Waals surface area (Å²) in [6.45, 7) is 7.32. The van der Waals surface area contributed by atoms with E-state index >= 15 is 0 Å². The molecule has 3 saturated carbocycles. The number of carbonyl (C=O) groups excluding carboxylic acids is 3. The van der Waals surface area contributed by atoms with Gasteiger partial charge in [-0.15, -0.1) is 0 Å². The van der Waals surface area contributed by atoms with Crippen molar-refractivity contribution in [1.82, 2.24) is 0 Å². The maximum Gasteiger partial charge on any atom is 0.303 e. The lowest BCUT2D eigenvalue weighted by Crippen LogP contribution is -2.65.